The summed E-state index contributed by atoms with van der Waals surface area (Å²) in [5.41, 5.74) is 6.61. The second-order valence-corrected chi connectivity index (χ2v) is 2.65. The van der Waals surface area contributed by atoms with Crippen LogP contribution < -0.4 is 10.5 Å². The van der Waals surface area contributed by atoms with E-state index in [2.05, 4.69) is 4.98 Å². The summed E-state index contributed by atoms with van der Waals surface area (Å²) in [5.74, 6) is 1.51. The van der Waals surface area contributed by atoms with Gasteiger partial charge in [0.15, 0.2) is 0 Å². The maximum Gasteiger partial charge on any atom is 0.128 e. The first-order valence-corrected chi connectivity index (χ1v) is 3.72. The Morgan fingerprint density at radius 1 is 1.42 bits per heavy atom. The van der Waals surface area contributed by atoms with Crippen LogP contribution in [0.25, 0.3) is 10.9 Å². The first-order valence-electron chi connectivity index (χ1n) is 3.72. The van der Waals surface area contributed by atoms with Crippen molar-refractivity contribution in [1.82, 2.24) is 4.98 Å². The van der Waals surface area contributed by atoms with E-state index in [4.69, 9.17) is 10.5 Å². The fourth-order valence-corrected chi connectivity index (χ4v) is 1.33. The zero-order valence-corrected chi connectivity index (χ0v) is 6.79. The van der Waals surface area contributed by atoms with E-state index in [-0.39, 0.29) is 0 Å². The highest BCUT2D eigenvalue weighted by atomic mass is 16.5. The molecule has 0 aliphatic carbocycles. The standard InChI is InChI=1S/C9H10N2O/c1-12-8-4-2-3-7-6(8)5-9(10)11-7/h2-5,11H,10H2,1H3. The lowest BCUT2D eigenvalue weighted by Gasteiger charge is -1.99. The Labute approximate surface area is 70.1 Å². The van der Waals surface area contributed by atoms with Crippen LogP contribution in [0.5, 0.6) is 5.75 Å². The molecule has 0 unspecified atom stereocenters. The SMILES string of the molecule is COc1cccc2[nH]c(N)cc12. The van der Waals surface area contributed by atoms with Crippen LogP contribution in [0.2, 0.25) is 0 Å². The van der Waals surface area contributed by atoms with Crippen molar-refractivity contribution >= 4 is 16.7 Å². The third-order valence-electron chi connectivity index (χ3n) is 1.86. The van der Waals surface area contributed by atoms with Gasteiger partial charge in [0.2, 0.25) is 0 Å². The maximum atomic E-state index is 5.60. The Bertz CT molecular complexity index is 406. The van der Waals surface area contributed by atoms with Crippen molar-refractivity contribution in [3.63, 3.8) is 0 Å². The van der Waals surface area contributed by atoms with Crippen molar-refractivity contribution in [2.75, 3.05) is 12.8 Å². The molecule has 0 radical (unpaired) electrons. The van der Waals surface area contributed by atoms with E-state index in [1.807, 2.05) is 24.3 Å². The molecule has 3 N–H and O–H groups in total. The van der Waals surface area contributed by atoms with E-state index in [0.29, 0.717) is 5.82 Å². The second-order valence-electron chi connectivity index (χ2n) is 2.65. The van der Waals surface area contributed by atoms with Crippen LogP contribution in [-0.4, -0.2) is 12.1 Å². The molecule has 0 saturated carbocycles. The number of rotatable bonds is 1. The molecule has 12 heavy (non-hydrogen) atoms. The summed E-state index contributed by atoms with van der Waals surface area (Å²) in [6.45, 7) is 0. The Morgan fingerprint density at radius 2 is 2.25 bits per heavy atom. The van der Waals surface area contributed by atoms with Gasteiger partial charge in [-0.15, -0.1) is 0 Å². The van der Waals surface area contributed by atoms with Crippen molar-refractivity contribution in [3.05, 3.63) is 24.3 Å². The summed E-state index contributed by atoms with van der Waals surface area (Å²) in [4.78, 5) is 3.03. The molecule has 0 spiro atoms. The molecule has 0 saturated heterocycles. The minimum Gasteiger partial charge on any atom is -0.496 e. The molecule has 3 nitrogen and oxygen atoms in total. The molecule has 1 aromatic carbocycles. The lowest BCUT2D eigenvalue weighted by molar-refractivity contribution is 0.420. The first kappa shape index (κ1) is 7.03. The molecular formula is C9H10N2O. The van der Waals surface area contributed by atoms with Crippen LogP contribution in [0.4, 0.5) is 5.82 Å². The van der Waals surface area contributed by atoms with Gasteiger partial charge < -0.3 is 15.5 Å². The number of anilines is 1. The summed E-state index contributed by atoms with van der Waals surface area (Å²) in [6.07, 6.45) is 0. The van der Waals surface area contributed by atoms with E-state index >= 15 is 0 Å². The lowest BCUT2D eigenvalue weighted by Crippen LogP contribution is -1.81. The smallest absolute Gasteiger partial charge is 0.128 e. The second kappa shape index (κ2) is 2.44. The number of aromatic nitrogens is 1. The molecule has 2 rings (SSSR count). The fourth-order valence-electron chi connectivity index (χ4n) is 1.33. The molecule has 62 valence electrons. The fraction of sp³-hybridized carbons (Fsp3) is 0.111. The van der Waals surface area contributed by atoms with Crippen LogP contribution in [0.15, 0.2) is 24.3 Å². The summed E-state index contributed by atoms with van der Waals surface area (Å²) in [6, 6.07) is 7.68. The van der Waals surface area contributed by atoms with E-state index in [1.54, 1.807) is 7.11 Å². The van der Waals surface area contributed by atoms with Crippen LogP contribution in [0.3, 0.4) is 0 Å². The number of H-pyrrole nitrogens is 1. The predicted octanol–water partition coefficient (Wildman–Crippen LogP) is 1.76. The van der Waals surface area contributed by atoms with Gasteiger partial charge in [-0.25, -0.2) is 0 Å². The van der Waals surface area contributed by atoms with Gasteiger partial charge >= 0.3 is 0 Å². The number of nitrogens with two attached hydrogens (primary N) is 1. The van der Waals surface area contributed by atoms with Crippen LogP contribution in [0.1, 0.15) is 0 Å². The Hall–Kier alpha value is -1.64. The van der Waals surface area contributed by atoms with Gasteiger partial charge in [-0.05, 0) is 18.2 Å². The largest absolute Gasteiger partial charge is 0.496 e. The molecule has 0 aliphatic heterocycles. The summed E-state index contributed by atoms with van der Waals surface area (Å²) < 4.78 is 5.17. The van der Waals surface area contributed by atoms with Gasteiger partial charge in [0.1, 0.15) is 11.6 Å². The average molecular weight is 162 g/mol. The zero-order chi connectivity index (χ0) is 8.55. The maximum absolute atomic E-state index is 5.60. The van der Waals surface area contributed by atoms with Gasteiger partial charge in [0.05, 0.1) is 12.6 Å². The van der Waals surface area contributed by atoms with Crippen LogP contribution >= 0.6 is 0 Å². The topological polar surface area (TPSA) is 51.0 Å². The number of ether oxygens (including phenoxy) is 1. The number of fused-ring (bicyclic) bond motifs is 1. The van der Waals surface area contributed by atoms with Crippen molar-refractivity contribution in [3.8, 4) is 5.75 Å². The highest BCUT2D eigenvalue weighted by molar-refractivity contribution is 5.88. The number of hydrogen-bond acceptors (Lipinski definition) is 2. The van der Waals surface area contributed by atoms with Crippen molar-refractivity contribution in [2.24, 2.45) is 0 Å². The minimum atomic E-state index is 0.662. The monoisotopic (exact) mass is 162 g/mol. The number of methoxy groups -OCH3 is 1. The molecule has 0 atom stereocenters. The van der Waals surface area contributed by atoms with Crippen LogP contribution in [0, 0.1) is 0 Å². The molecule has 1 aromatic heterocycles. The van der Waals surface area contributed by atoms with Gasteiger partial charge in [0, 0.05) is 5.39 Å². The minimum absolute atomic E-state index is 0.662. The Balaban J connectivity index is 2.78. The van der Waals surface area contributed by atoms with E-state index in [1.165, 1.54) is 0 Å². The van der Waals surface area contributed by atoms with E-state index in [9.17, 15) is 0 Å². The highest BCUT2D eigenvalue weighted by Gasteiger charge is 2.02. The van der Waals surface area contributed by atoms with Crippen LogP contribution in [-0.2, 0) is 0 Å². The molecule has 0 bridgehead atoms. The molecular weight excluding hydrogens is 152 g/mol. The normalized spacial score (nSPS) is 10.4. The Morgan fingerprint density at radius 3 is 3.00 bits per heavy atom. The van der Waals surface area contributed by atoms with Crippen molar-refractivity contribution < 1.29 is 4.74 Å². The molecule has 0 fully saturated rings. The summed E-state index contributed by atoms with van der Waals surface area (Å²) >= 11 is 0. The predicted molar refractivity (Wildman–Crippen MR) is 49.3 cm³/mol. The van der Waals surface area contributed by atoms with Crippen molar-refractivity contribution in [2.45, 2.75) is 0 Å². The van der Waals surface area contributed by atoms with Crippen molar-refractivity contribution in [1.29, 1.82) is 0 Å². The lowest BCUT2D eigenvalue weighted by atomic mass is 10.2. The number of nitrogens with one attached hydrogen (secondary N) is 1. The molecule has 0 amide bonds. The number of hydrogen-bond donors (Lipinski definition) is 2. The number of benzene rings is 1. The first-order chi connectivity index (χ1) is 5.81. The average Bonchev–Trinajstić information content (AvgIpc) is 2.44. The summed E-state index contributed by atoms with van der Waals surface area (Å²) in [5, 5.41) is 1.03. The number of aromatic amines is 1. The zero-order valence-electron chi connectivity index (χ0n) is 6.79. The van der Waals surface area contributed by atoms with E-state index in [0.717, 1.165) is 16.7 Å². The number of nitrogen functional groups attached to an aromatic ring is 1. The summed E-state index contributed by atoms with van der Waals surface area (Å²) in [7, 11) is 1.65. The third-order valence-corrected chi connectivity index (χ3v) is 1.86. The molecule has 3 heteroatoms. The Kier molecular flexibility index (Phi) is 1.43. The molecule has 1 heterocycles. The van der Waals surface area contributed by atoms with Gasteiger partial charge in [-0.3, -0.25) is 0 Å². The van der Waals surface area contributed by atoms with Gasteiger partial charge in [-0.1, -0.05) is 6.07 Å². The quantitative estimate of drug-likeness (QED) is 0.671. The highest BCUT2D eigenvalue weighted by Crippen LogP contribution is 2.26. The molecule has 0 aliphatic rings. The van der Waals surface area contributed by atoms with E-state index < -0.39 is 0 Å². The molecule has 2 aromatic rings. The van der Waals surface area contributed by atoms with Gasteiger partial charge in [0.25, 0.3) is 0 Å². The van der Waals surface area contributed by atoms with Gasteiger partial charge in [-0.2, -0.15) is 0 Å². The third kappa shape index (κ3) is 0.906.